The van der Waals surface area contributed by atoms with Crippen LogP contribution in [-0.2, 0) is 0 Å². The first kappa shape index (κ1) is 14.7. The number of thioether (sulfide) groups is 2. The highest BCUT2D eigenvalue weighted by molar-refractivity contribution is 8.06. The molecule has 4 nitrogen and oxygen atoms in total. The molecule has 0 amide bonds. The molecule has 2 atom stereocenters. The van der Waals surface area contributed by atoms with Crippen LogP contribution >= 0.6 is 23.5 Å². The van der Waals surface area contributed by atoms with Crippen molar-refractivity contribution >= 4 is 29.5 Å². The number of rotatable bonds is 3. The van der Waals surface area contributed by atoms with Crippen LogP contribution in [0.15, 0.2) is 30.3 Å². The van der Waals surface area contributed by atoms with Gasteiger partial charge in [-0.1, -0.05) is 37.3 Å². The first-order valence-electron chi connectivity index (χ1n) is 7.08. The maximum atomic E-state index is 5.91. The summed E-state index contributed by atoms with van der Waals surface area (Å²) in [6.45, 7) is 2.22. The molecular formula is C15H18N4S2. The normalized spacial score (nSPS) is 22.1. The number of benzene rings is 1. The Labute approximate surface area is 133 Å². The van der Waals surface area contributed by atoms with Crippen molar-refractivity contribution in [2.24, 2.45) is 0 Å². The van der Waals surface area contributed by atoms with E-state index < -0.39 is 0 Å². The van der Waals surface area contributed by atoms with Crippen molar-refractivity contribution in [2.75, 3.05) is 17.2 Å². The lowest BCUT2D eigenvalue weighted by atomic mass is 10.2. The molecule has 0 radical (unpaired) electrons. The fourth-order valence-electron chi connectivity index (χ4n) is 2.39. The Morgan fingerprint density at radius 1 is 1.10 bits per heavy atom. The summed E-state index contributed by atoms with van der Waals surface area (Å²) in [7, 11) is 0. The van der Waals surface area contributed by atoms with Crippen molar-refractivity contribution in [2.45, 2.75) is 23.8 Å². The van der Waals surface area contributed by atoms with Crippen LogP contribution in [0.5, 0.6) is 0 Å². The van der Waals surface area contributed by atoms with Gasteiger partial charge in [0.2, 0.25) is 5.95 Å². The Hall–Kier alpha value is -1.27. The van der Waals surface area contributed by atoms with Gasteiger partial charge in [0.05, 0.1) is 5.25 Å². The van der Waals surface area contributed by atoms with E-state index in [1.54, 1.807) is 0 Å². The molecule has 2 heterocycles. The van der Waals surface area contributed by atoms with Crippen LogP contribution in [0.4, 0.5) is 5.95 Å². The topological polar surface area (TPSA) is 64.7 Å². The largest absolute Gasteiger partial charge is 0.368 e. The second-order valence-electron chi connectivity index (χ2n) is 4.85. The SMILES string of the molecule is CCC1SCCSC1c1nc(N)nc(-c2ccccc2)n1. The van der Waals surface area contributed by atoms with Crippen LogP contribution in [0.25, 0.3) is 11.4 Å². The van der Waals surface area contributed by atoms with Crippen molar-refractivity contribution in [3.63, 3.8) is 0 Å². The quantitative estimate of drug-likeness (QED) is 0.935. The summed E-state index contributed by atoms with van der Waals surface area (Å²) >= 11 is 3.94. The Morgan fingerprint density at radius 3 is 2.62 bits per heavy atom. The Bertz CT molecular complexity index is 606. The molecule has 2 N–H and O–H groups in total. The second kappa shape index (κ2) is 6.66. The highest BCUT2D eigenvalue weighted by atomic mass is 32.2. The fraction of sp³-hybridized carbons (Fsp3) is 0.400. The number of nitrogens with two attached hydrogens (primary N) is 1. The number of nitrogens with zero attached hydrogens (tertiary/aromatic N) is 3. The first-order chi connectivity index (χ1) is 10.3. The highest BCUT2D eigenvalue weighted by Gasteiger charge is 2.29. The van der Waals surface area contributed by atoms with Crippen LogP contribution in [-0.4, -0.2) is 31.7 Å². The van der Waals surface area contributed by atoms with Gasteiger partial charge < -0.3 is 5.73 Å². The molecule has 2 aromatic rings. The zero-order valence-electron chi connectivity index (χ0n) is 11.9. The van der Waals surface area contributed by atoms with Crippen LogP contribution in [0, 0.1) is 0 Å². The molecule has 0 spiro atoms. The zero-order valence-corrected chi connectivity index (χ0v) is 13.5. The monoisotopic (exact) mass is 318 g/mol. The van der Waals surface area contributed by atoms with Gasteiger partial charge in [0, 0.05) is 22.3 Å². The molecule has 1 aromatic heterocycles. The highest BCUT2D eigenvalue weighted by Crippen LogP contribution is 2.43. The Morgan fingerprint density at radius 2 is 1.86 bits per heavy atom. The van der Waals surface area contributed by atoms with Crippen LogP contribution in [0.2, 0.25) is 0 Å². The summed E-state index contributed by atoms with van der Waals surface area (Å²) in [6, 6.07) is 9.94. The average molecular weight is 318 g/mol. The number of nitrogen functional groups attached to an aromatic ring is 1. The zero-order chi connectivity index (χ0) is 14.7. The first-order valence-corrected chi connectivity index (χ1v) is 9.17. The number of aromatic nitrogens is 3. The lowest BCUT2D eigenvalue weighted by molar-refractivity contribution is 0.746. The maximum Gasteiger partial charge on any atom is 0.223 e. The minimum absolute atomic E-state index is 0.307. The molecule has 0 bridgehead atoms. The summed E-state index contributed by atoms with van der Waals surface area (Å²) in [4.78, 5) is 13.4. The van der Waals surface area contributed by atoms with E-state index in [1.807, 2.05) is 53.9 Å². The number of anilines is 1. The molecule has 21 heavy (non-hydrogen) atoms. The molecule has 6 heteroatoms. The summed E-state index contributed by atoms with van der Waals surface area (Å²) in [6.07, 6.45) is 1.12. The van der Waals surface area contributed by atoms with E-state index in [4.69, 9.17) is 5.73 Å². The smallest absolute Gasteiger partial charge is 0.223 e. The van der Waals surface area contributed by atoms with Crippen LogP contribution < -0.4 is 5.73 Å². The predicted molar refractivity (Wildman–Crippen MR) is 91.4 cm³/mol. The van der Waals surface area contributed by atoms with Crippen molar-refractivity contribution in [1.82, 2.24) is 15.0 Å². The molecule has 110 valence electrons. The third-order valence-corrected chi connectivity index (χ3v) is 6.65. The molecule has 1 fully saturated rings. The van der Waals surface area contributed by atoms with E-state index in [2.05, 4.69) is 21.9 Å². The van der Waals surface area contributed by atoms with Crippen LogP contribution in [0.1, 0.15) is 24.4 Å². The minimum Gasteiger partial charge on any atom is -0.368 e. The summed E-state index contributed by atoms with van der Waals surface area (Å²) < 4.78 is 0. The average Bonchev–Trinajstić information content (AvgIpc) is 2.55. The van der Waals surface area contributed by atoms with Gasteiger partial charge in [-0.05, 0) is 6.42 Å². The van der Waals surface area contributed by atoms with Gasteiger partial charge in [0.1, 0.15) is 5.82 Å². The van der Waals surface area contributed by atoms with Gasteiger partial charge in [-0.2, -0.15) is 21.7 Å². The Balaban J connectivity index is 1.97. The standard InChI is InChI=1S/C15H18N4S2/c1-2-11-12(21-9-8-20-11)14-17-13(18-15(16)19-14)10-6-4-3-5-7-10/h3-7,11-12H,2,8-9H2,1H3,(H2,16,17,18,19). The van der Waals surface area contributed by atoms with Gasteiger partial charge in [0.15, 0.2) is 5.82 Å². The van der Waals surface area contributed by atoms with Crippen molar-refractivity contribution < 1.29 is 0 Å². The molecule has 1 aromatic carbocycles. The van der Waals surface area contributed by atoms with Gasteiger partial charge in [-0.25, -0.2) is 4.98 Å². The molecule has 1 aliphatic rings. The summed E-state index contributed by atoms with van der Waals surface area (Å²) in [5.41, 5.74) is 6.89. The van der Waals surface area contributed by atoms with E-state index in [-0.39, 0.29) is 0 Å². The van der Waals surface area contributed by atoms with Gasteiger partial charge in [-0.15, -0.1) is 11.8 Å². The third-order valence-electron chi connectivity index (χ3n) is 3.41. The molecular weight excluding hydrogens is 300 g/mol. The maximum absolute atomic E-state index is 5.91. The predicted octanol–water partition coefficient (Wildman–Crippen LogP) is 3.42. The van der Waals surface area contributed by atoms with E-state index in [0.717, 1.165) is 23.6 Å². The van der Waals surface area contributed by atoms with E-state index >= 15 is 0 Å². The third kappa shape index (κ3) is 3.32. The minimum atomic E-state index is 0.307. The number of hydrogen-bond donors (Lipinski definition) is 1. The van der Waals surface area contributed by atoms with Crippen LogP contribution in [0.3, 0.4) is 0 Å². The molecule has 2 unspecified atom stereocenters. The molecule has 1 saturated heterocycles. The molecule has 0 saturated carbocycles. The Kier molecular flexibility index (Phi) is 4.65. The second-order valence-corrected chi connectivity index (χ2v) is 7.45. The van der Waals surface area contributed by atoms with Gasteiger partial charge in [-0.3, -0.25) is 0 Å². The van der Waals surface area contributed by atoms with E-state index in [1.165, 1.54) is 5.75 Å². The van der Waals surface area contributed by atoms with Gasteiger partial charge >= 0.3 is 0 Å². The fourth-order valence-corrected chi connectivity index (χ4v) is 5.39. The van der Waals surface area contributed by atoms with Crippen molar-refractivity contribution in [3.05, 3.63) is 36.2 Å². The lowest BCUT2D eigenvalue weighted by Crippen LogP contribution is -2.21. The molecule has 0 aliphatic carbocycles. The van der Waals surface area contributed by atoms with Crippen molar-refractivity contribution in [3.8, 4) is 11.4 Å². The lowest BCUT2D eigenvalue weighted by Gasteiger charge is -2.28. The van der Waals surface area contributed by atoms with E-state index in [0.29, 0.717) is 22.3 Å². The van der Waals surface area contributed by atoms with Crippen molar-refractivity contribution in [1.29, 1.82) is 0 Å². The molecule has 3 rings (SSSR count). The summed E-state index contributed by atoms with van der Waals surface area (Å²) in [5, 5.41) is 0.857. The van der Waals surface area contributed by atoms with E-state index in [9.17, 15) is 0 Å². The number of hydrogen-bond acceptors (Lipinski definition) is 6. The summed E-state index contributed by atoms with van der Waals surface area (Å²) in [5.74, 6) is 4.14. The van der Waals surface area contributed by atoms with Gasteiger partial charge in [0.25, 0.3) is 0 Å². The molecule has 1 aliphatic heterocycles.